The molecule has 0 spiro atoms. The molecule has 3 amide bonds. The number of ether oxygens (including phenoxy) is 1. The van der Waals surface area contributed by atoms with Gasteiger partial charge in [0.1, 0.15) is 0 Å². The van der Waals surface area contributed by atoms with E-state index < -0.39 is 36.0 Å². The first-order chi connectivity index (χ1) is 17.6. The van der Waals surface area contributed by atoms with Gasteiger partial charge in [-0.2, -0.15) is 0 Å². The number of nitrogens with one attached hydrogen (secondary N) is 2. The second-order valence-electron chi connectivity index (χ2n) is 10.4. The second kappa shape index (κ2) is 15.5. The van der Waals surface area contributed by atoms with Crippen LogP contribution in [0.25, 0.3) is 6.08 Å². The average molecular weight is 517 g/mol. The van der Waals surface area contributed by atoms with Crippen molar-refractivity contribution in [1.29, 1.82) is 0 Å². The lowest BCUT2D eigenvalue weighted by Gasteiger charge is -2.32. The molecule has 0 aromatic heterocycles. The number of benzene rings is 1. The molecule has 1 heterocycles. The quantitative estimate of drug-likeness (QED) is 0.366. The lowest BCUT2D eigenvalue weighted by molar-refractivity contribution is -0.203. The van der Waals surface area contributed by atoms with Crippen molar-refractivity contribution < 1.29 is 24.0 Å². The molecule has 4 N–H and O–H groups in total. The van der Waals surface area contributed by atoms with E-state index in [9.17, 15) is 14.4 Å². The fourth-order valence-electron chi connectivity index (χ4n) is 4.29. The molecule has 37 heavy (non-hydrogen) atoms. The molecule has 1 saturated heterocycles. The predicted octanol–water partition coefficient (Wildman–Crippen LogP) is 3.42. The highest BCUT2D eigenvalue weighted by Gasteiger charge is 2.37. The van der Waals surface area contributed by atoms with Gasteiger partial charge in [0.2, 0.25) is 11.8 Å². The summed E-state index contributed by atoms with van der Waals surface area (Å²) in [6.45, 7) is 10.1. The van der Waals surface area contributed by atoms with Crippen LogP contribution in [0.1, 0.15) is 65.9 Å². The Bertz CT molecular complexity index is 882. The summed E-state index contributed by atoms with van der Waals surface area (Å²) in [6, 6.07) is 8.96. The lowest BCUT2D eigenvalue weighted by Crippen LogP contribution is -2.56. The monoisotopic (exact) mass is 516 g/mol. The number of rotatable bonds is 12. The number of carbonyl (C=O) groups excluding carboxylic acids is 3. The van der Waals surface area contributed by atoms with Crippen molar-refractivity contribution in [3.8, 4) is 0 Å². The Morgan fingerprint density at radius 1 is 1.11 bits per heavy atom. The van der Waals surface area contributed by atoms with Crippen LogP contribution >= 0.6 is 0 Å². The largest absolute Gasteiger partial charge is 0.350 e. The van der Waals surface area contributed by atoms with Crippen LogP contribution in [0.3, 0.4) is 0 Å². The van der Waals surface area contributed by atoms with E-state index in [1.54, 1.807) is 6.92 Å². The van der Waals surface area contributed by atoms with E-state index in [1.807, 2.05) is 70.2 Å². The standard InChI is InChI=1S/C28H44N4O5/c1-19(2)18-32(28(35)21(5)29)30-27(34)25(20(3)4)23(15-11-14-22-12-7-6-8-13-22)26(33)31-37-24-16-9-10-17-36-24/h6-8,11-14,19-21,23-25H,9-10,15-18,29H2,1-5H3,(H,30,34)(H,31,33)/t21-,23?,24+,25-/m1/s1. The maximum absolute atomic E-state index is 13.6. The number of hydrazine groups is 1. The zero-order chi connectivity index (χ0) is 27.4. The second-order valence-corrected chi connectivity index (χ2v) is 10.4. The fraction of sp³-hybridized carbons (Fsp3) is 0.607. The minimum Gasteiger partial charge on any atom is -0.350 e. The van der Waals surface area contributed by atoms with Crippen LogP contribution in [0.2, 0.25) is 0 Å². The summed E-state index contributed by atoms with van der Waals surface area (Å²) >= 11 is 0. The van der Waals surface area contributed by atoms with Gasteiger partial charge in [0, 0.05) is 19.6 Å². The molecule has 1 aromatic rings. The van der Waals surface area contributed by atoms with Crippen molar-refractivity contribution in [2.24, 2.45) is 29.4 Å². The van der Waals surface area contributed by atoms with Crippen LogP contribution in [0.15, 0.2) is 36.4 Å². The normalized spacial score (nSPS) is 18.4. The molecule has 0 saturated carbocycles. The van der Waals surface area contributed by atoms with Gasteiger partial charge in [-0.25, -0.2) is 10.3 Å². The number of hydroxylamine groups is 1. The number of hydrogen-bond acceptors (Lipinski definition) is 6. The van der Waals surface area contributed by atoms with Gasteiger partial charge in [-0.3, -0.25) is 24.8 Å². The highest BCUT2D eigenvalue weighted by atomic mass is 16.8. The first-order valence-electron chi connectivity index (χ1n) is 13.3. The Labute approximate surface area is 221 Å². The fourth-order valence-corrected chi connectivity index (χ4v) is 4.29. The van der Waals surface area contributed by atoms with Crippen molar-refractivity contribution in [3.63, 3.8) is 0 Å². The average Bonchev–Trinajstić information content (AvgIpc) is 2.86. The van der Waals surface area contributed by atoms with E-state index in [0.717, 1.165) is 18.4 Å². The van der Waals surface area contributed by atoms with Gasteiger partial charge in [0.15, 0.2) is 6.29 Å². The van der Waals surface area contributed by atoms with E-state index in [4.69, 9.17) is 15.3 Å². The van der Waals surface area contributed by atoms with E-state index in [0.29, 0.717) is 26.0 Å². The van der Waals surface area contributed by atoms with Crippen LogP contribution in [-0.2, 0) is 24.0 Å². The van der Waals surface area contributed by atoms with Gasteiger partial charge in [0.05, 0.1) is 17.9 Å². The third-order valence-corrected chi connectivity index (χ3v) is 6.17. The van der Waals surface area contributed by atoms with E-state index in [1.165, 1.54) is 5.01 Å². The third kappa shape index (κ3) is 10.3. The Morgan fingerprint density at radius 3 is 2.38 bits per heavy atom. The maximum atomic E-state index is 13.6. The zero-order valence-corrected chi connectivity index (χ0v) is 22.8. The van der Waals surface area contributed by atoms with Gasteiger partial charge in [-0.05, 0) is 43.6 Å². The third-order valence-electron chi connectivity index (χ3n) is 6.17. The van der Waals surface area contributed by atoms with Crippen molar-refractivity contribution in [1.82, 2.24) is 15.9 Å². The molecule has 0 aliphatic carbocycles. The van der Waals surface area contributed by atoms with Gasteiger partial charge >= 0.3 is 0 Å². The topological polar surface area (TPSA) is 123 Å². The van der Waals surface area contributed by atoms with Gasteiger partial charge < -0.3 is 10.5 Å². The summed E-state index contributed by atoms with van der Waals surface area (Å²) in [7, 11) is 0. The molecular formula is C28H44N4O5. The maximum Gasteiger partial charge on any atom is 0.257 e. The Morgan fingerprint density at radius 2 is 1.81 bits per heavy atom. The molecule has 9 nitrogen and oxygen atoms in total. The van der Waals surface area contributed by atoms with Crippen LogP contribution in [0.4, 0.5) is 0 Å². The number of amides is 3. The number of nitrogens with zero attached hydrogens (tertiary/aromatic N) is 1. The van der Waals surface area contributed by atoms with Gasteiger partial charge in [-0.15, -0.1) is 0 Å². The van der Waals surface area contributed by atoms with Gasteiger partial charge in [0.25, 0.3) is 5.91 Å². The molecule has 0 bridgehead atoms. The van der Waals surface area contributed by atoms with Crippen molar-refractivity contribution in [2.45, 2.75) is 72.6 Å². The lowest BCUT2D eigenvalue weighted by atomic mass is 9.80. The predicted molar refractivity (Wildman–Crippen MR) is 143 cm³/mol. The number of hydrogen-bond donors (Lipinski definition) is 3. The molecule has 1 aliphatic heterocycles. The van der Waals surface area contributed by atoms with Crippen molar-refractivity contribution in [2.75, 3.05) is 13.2 Å². The Hall–Kier alpha value is -2.75. The highest BCUT2D eigenvalue weighted by molar-refractivity contribution is 5.90. The molecule has 1 aliphatic rings. The van der Waals surface area contributed by atoms with Crippen molar-refractivity contribution in [3.05, 3.63) is 42.0 Å². The summed E-state index contributed by atoms with van der Waals surface area (Å²) in [4.78, 5) is 45.2. The Kier molecular flexibility index (Phi) is 12.8. The summed E-state index contributed by atoms with van der Waals surface area (Å²) in [5, 5.41) is 1.27. The zero-order valence-electron chi connectivity index (χ0n) is 22.8. The SMILES string of the molecule is CC(C)CN(NC(=O)[C@H](C(C)C)C(CC=Cc1ccccc1)C(=O)NO[C@H]1CCCCO1)C(=O)[C@@H](C)N. The van der Waals surface area contributed by atoms with E-state index in [-0.39, 0.29) is 17.7 Å². The summed E-state index contributed by atoms with van der Waals surface area (Å²) in [5.41, 5.74) is 12.1. The highest BCUT2D eigenvalue weighted by Crippen LogP contribution is 2.26. The molecule has 2 rings (SSSR count). The van der Waals surface area contributed by atoms with Crippen LogP contribution in [-0.4, -0.2) is 48.2 Å². The summed E-state index contributed by atoms with van der Waals surface area (Å²) in [5.74, 6) is -2.76. The number of allylic oxidation sites excluding steroid dienone is 1. The summed E-state index contributed by atoms with van der Waals surface area (Å²) in [6.07, 6.45) is 6.22. The minimum atomic E-state index is -0.770. The van der Waals surface area contributed by atoms with Crippen LogP contribution in [0.5, 0.6) is 0 Å². The molecule has 0 radical (unpaired) electrons. The molecule has 9 heteroatoms. The molecule has 206 valence electrons. The van der Waals surface area contributed by atoms with E-state index >= 15 is 0 Å². The van der Waals surface area contributed by atoms with E-state index in [2.05, 4.69) is 10.9 Å². The number of carbonyl (C=O) groups is 3. The molecule has 1 fully saturated rings. The first-order valence-corrected chi connectivity index (χ1v) is 13.3. The molecular weight excluding hydrogens is 472 g/mol. The first kappa shape index (κ1) is 30.5. The number of nitrogens with two attached hydrogens (primary N) is 1. The molecule has 4 atom stereocenters. The molecule has 1 aromatic carbocycles. The Balaban J connectivity index is 2.25. The van der Waals surface area contributed by atoms with Crippen molar-refractivity contribution >= 4 is 23.8 Å². The van der Waals surface area contributed by atoms with Crippen LogP contribution in [0, 0.1) is 23.7 Å². The molecule has 1 unspecified atom stereocenters. The smallest absolute Gasteiger partial charge is 0.257 e. The van der Waals surface area contributed by atoms with Crippen LogP contribution < -0.4 is 16.6 Å². The minimum absolute atomic E-state index is 0.109. The summed E-state index contributed by atoms with van der Waals surface area (Å²) < 4.78 is 5.55. The van der Waals surface area contributed by atoms with Gasteiger partial charge in [-0.1, -0.05) is 70.2 Å².